The molecule has 1 atom stereocenters. The van der Waals surface area contributed by atoms with Gasteiger partial charge in [-0.05, 0) is 36.8 Å². The first kappa shape index (κ1) is 19.5. The Kier molecular flexibility index (Phi) is 5.83. The minimum absolute atomic E-state index is 0.0390. The van der Waals surface area contributed by atoms with E-state index in [9.17, 15) is 9.90 Å². The molecule has 0 bridgehead atoms. The van der Waals surface area contributed by atoms with Gasteiger partial charge < -0.3 is 20.1 Å². The Morgan fingerprint density at radius 1 is 1.14 bits per heavy atom. The summed E-state index contributed by atoms with van der Waals surface area (Å²) >= 11 is 0. The van der Waals surface area contributed by atoms with Crippen LogP contribution in [0.4, 0.5) is 11.4 Å². The van der Waals surface area contributed by atoms with E-state index in [0.29, 0.717) is 18.0 Å². The third-order valence-electron chi connectivity index (χ3n) is 5.37. The summed E-state index contributed by atoms with van der Waals surface area (Å²) in [6.45, 7) is 6.57. The van der Waals surface area contributed by atoms with E-state index in [1.807, 2.05) is 30.4 Å². The van der Waals surface area contributed by atoms with E-state index in [-0.39, 0.29) is 12.5 Å². The normalized spacial score (nSPS) is 18.3. The van der Waals surface area contributed by atoms with Gasteiger partial charge in [0.2, 0.25) is 0 Å². The molecule has 4 rings (SSSR count). The number of carbonyl (C=O) groups excluding carboxylic acids is 1. The predicted molar refractivity (Wildman–Crippen MR) is 115 cm³/mol. The molecule has 2 aromatic carbocycles. The van der Waals surface area contributed by atoms with Crippen LogP contribution in [0.25, 0.3) is 6.08 Å². The molecular weight excluding hydrogens is 366 g/mol. The van der Waals surface area contributed by atoms with Gasteiger partial charge in [-0.25, -0.2) is 0 Å². The van der Waals surface area contributed by atoms with E-state index in [0.717, 1.165) is 31.7 Å². The molecule has 152 valence electrons. The average Bonchev–Trinajstić information content (AvgIpc) is 2.73. The number of carbonyl (C=O) groups is 1. The minimum Gasteiger partial charge on any atom is -0.482 e. The summed E-state index contributed by atoms with van der Waals surface area (Å²) < 4.78 is 5.44. The Hall–Kier alpha value is -2.83. The van der Waals surface area contributed by atoms with Crippen molar-refractivity contribution in [2.24, 2.45) is 0 Å². The second kappa shape index (κ2) is 8.68. The van der Waals surface area contributed by atoms with Gasteiger partial charge in [0.15, 0.2) is 6.61 Å². The molecule has 2 N–H and O–H groups in total. The Morgan fingerprint density at radius 2 is 1.90 bits per heavy atom. The minimum atomic E-state index is -0.530. The highest BCUT2D eigenvalue weighted by Crippen LogP contribution is 2.29. The van der Waals surface area contributed by atoms with Crippen LogP contribution in [0.5, 0.6) is 5.75 Å². The molecule has 1 saturated heterocycles. The first-order chi connectivity index (χ1) is 14.1. The molecule has 1 fully saturated rings. The number of ether oxygens (including phenoxy) is 1. The van der Waals surface area contributed by atoms with Crippen molar-refractivity contribution in [2.45, 2.75) is 13.0 Å². The lowest BCUT2D eigenvalue weighted by atomic mass is 10.1. The average molecular weight is 393 g/mol. The molecule has 0 radical (unpaired) electrons. The van der Waals surface area contributed by atoms with Crippen molar-refractivity contribution in [1.29, 1.82) is 0 Å². The number of amides is 1. The smallest absolute Gasteiger partial charge is 0.262 e. The lowest BCUT2D eigenvalue weighted by Crippen LogP contribution is -2.48. The maximum atomic E-state index is 11.3. The summed E-state index contributed by atoms with van der Waals surface area (Å²) in [5.74, 6) is 0.521. The molecule has 2 aliphatic heterocycles. The molecule has 0 saturated carbocycles. The van der Waals surface area contributed by atoms with E-state index < -0.39 is 6.10 Å². The van der Waals surface area contributed by atoms with Crippen molar-refractivity contribution < 1.29 is 14.6 Å². The predicted octanol–water partition coefficient (Wildman–Crippen LogP) is 2.52. The topological polar surface area (TPSA) is 65.0 Å². The number of hydrogen-bond donors (Lipinski definition) is 2. The van der Waals surface area contributed by atoms with Crippen LogP contribution in [0, 0.1) is 6.92 Å². The van der Waals surface area contributed by atoms with E-state index in [1.54, 1.807) is 0 Å². The van der Waals surface area contributed by atoms with Crippen LogP contribution in [0.15, 0.2) is 48.5 Å². The summed E-state index contributed by atoms with van der Waals surface area (Å²) in [7, 11) is 0. The number of fused-ring (bicyclic) bond motifs is 1. The number of nitrogens with one attached hydrogen (secondary N) is 1. The SMILES string of the molecule is Cc1ccc(N2CCN(C[C@H](O)/C=C/c3ccc4c(c3)OCC(=O)N4)CC2)cc1. The first-order valence-corrected chi connectivity index (χ1v) is 10.0. The molecule has 2 aliphatic rings. The van der Waals surface area contributed by atoms with Crippen LogP contribution >= 0.6 is 0 Å². The van der Waals surface area contributed by atoms with Gasteiger partial charge in [0.1, 0.15) is 5.75 Å². The van der Waals surface area contributed by atoms with Crippen LogP contribution in [-0.4, -0.2) is 61.3 Å². The van der Waals surface area contributed by atoms with Crippen LogP contribution < -0.4 is 15.0 Å². The fraction of sp³-hybridized carbons (Fsp3) is 0.348. The molecule has 1 amide bonds. The third kappa shape index (κ3) is 4.96. The molecule has 29 heavy (non-hydrogen) atoms. The Balaban J connectivity index is 1.27. The first-order valence-electron chi connectivity index (χ1n) is 10.0. The molecule has 2 aromatic rings. The van der Waals surface area contributed by atoms with Crippen molar-refractivity contribution >= 4 is 23.4 Å². The number of piperazine rings is 1. The summed E-state index contributed by atoms with van der Waals surface area (Å²) in [5, 5.41) is 13.2. The van der Waals surface area contributed by atoms with E-state index >= 15 is 0 Å². The van der Waals surface area contributed by atoms with Crippen molar-refractivity contribution in [3.8, 4) is 5.75 Å². The molecule has 6 heteroatoms. The highest BCUT2D eigenvalue weighted by atomic mass is 16.5. The number of benzene rings is 2. The quantitative estimate of drug-likeness (QED) is 0.817. The van der Waals surface area contributed by atoms with E-state index in [1.165, 1.54) is 11.3 Å². The van der Waals surface area contributed by atoms with Gasteiger partial charge in [-0.3, -0.25) is 9.69 Å². The van der Waals surface area contributed by atoms with E-state index in [2.05, 4.69) is 46.3 Å². The van der Waals surface area contributed by atoms with Gasteiger partial charge >= 0.3 is 0 Å². The number of aliphatic hydroxyl groups excluding tert-OH is 1. The van der Waals surface area contributed by atoms with Crippen LogP contribution in [-0.2, 0) is 4.79 Å². The van der Waals surface area contributed by atoms with Gasteiger partial charge in [0, 0.05) is 38.4 Å². The molecule has 0 unspecified atom stereocenters. The maximum Gasteiger partial charge on any atom is 0.262 e. The second-order valence-corrected chi connectivity index (χ2v) is 7.64. The maximum absolute atomic E-state index is 11.3. The number of hydrogen-bond acceptors (Lipinski definition) is 5. The zero-order chi connectivity index (χ0) is 20.2. The van der Waals surface area contributed by atoms with E-state index in [4.69, 9.17) is 4.74 Å². The van der Waals surface area contributed by atoms with Crippen LogP contribution in [0.3, 0.4) is 0 Å². The summed E-state index contributed by atoms with van der Waals surface area (Å²) in [6, 6.07) is 14.2. The monoisotopic (exact) mass is 393 g/mol. The molecule has 6 nitrogen and oxygen atoms in total. The molecule has 0 spiro atoms. The molecule has 0 aliphatic carbocycles. The largest absolute Gasteiger partial charge is 0.482 e. The lowest BCUT2D eigenvalue weighted by molar-refractivity contribution is -0.118. The number of nitrogens with zero attached hydrogens (tertiary/aromatic N) is 2. The molecule has 2 heterocycles. The number of aliphatic hydroxyl groups is 1. The highest BCUT2D eigenvalue weighted by molar-refractivity contribution is 5.95. The number of aryl methyl sites for hydroxylation is 1. The number of rotatable bonds is 5. The summed E-state index contributed by atoms with van der Waals surface area (Å²) in [6.07, 6.45) is 3.18. The van der Waals surface area contributed by atoms with Gasteiger partial charge in [-0.15, -0.1) is 0 Å². The Bertz CT molecular complexity index is 887. The van der Waals surface area contributed by atoms with Crippen molar-refractivity contribution in [2.75, 3.05) is 49.5 Å². The second-order valence-electron chi connectivity index (χ2n) is 7.64. The summed E-state index contributed by atoms with van der Waals surface area (Å²) in [4.78, 5) is 16.0. The zero-order valence-electron chi connectivity index (χ0n) is 16.7. The van der Waals surface area contributed by atoms with Crippen molar-refractivity contribution in [3.05, 3.63) is 59.7 Å². The molecule has 0 aromatic heterocycles. The van der Waals surface area contributed by atoms with Crippen molar-refractivity contribution in [3.63, 3.8) is 0 Å². The fourth-order valence-corrected chi connectivity index (χ4v) is 3.69. The third-order valence-corrected chi connectivity index (χ3v) is 5.37. The fourth-order valence-electron chi connectivity index (χ4n) is 3.69. The highest BCUT2D eigenvalue weighted by Gasteiger charge is 2.19. The van der Waals surface area contributed by atoms with Gasteiger partial charge in [0.25, 0.3) is 5.91 Å². The standard InChI is InChI=1S/C23H27N3O3/c1-17-2-6-19(7-3-17)26-12-10-25(11-13-26)15-20(27)8-4-18-5-9-21-22(14-18)29-16-23(28)24-21/h2-9,14,20,27H,10-13,15-16H2,1H3,(H,24,28)/b8-4+/t20-/m1/s1. The Morgan fingerprint density at radius 3 is 2.66 bits per heavy atom. The number of β-amino-alcohol motifs (C(OH)–C–C–N with tert-alkyl or cyclic N) is 1. The number of anilines is 2. The Labute approximate surface area is 171 Å². The van der Waals surface area contributed by atoms with Gasteiger partial charge in [-0.1, -0.05) is 35.9 Å². The van der Waals surface area contributed by atoms with Crippen molar-refractivity contribution in [1.82, 2.24) is 4.90 Å². The van der Waals surface area contributed by atoms with Gasteiger partial charge in [-0.2, -0.15) is 0 Å². The summed E-state index contributed by atoms with van der Waals surface area (Å²) in [5.41, 5.74) is 4.16. The van der Waals surface area contributed by atoms with Crippen LogP contribution in [0.1, 0.15) is 11.1 Å². The van der Waals surface area contributed by atoms with Crippen LogP contribution in [0.2, 0.25) is 0 Å². The lowest BCUT2D eigenvalue weighted by Gasteiger charge is -2.36. The molecular formula is C23H27N3O3. The van der Waals surface area contributed by atoms with Gasteiger partial charge in [0.05, 0.1) is 11.8 Å². The zero-order valence-corrected chi connectivity index (χ0v) is 16.7.